The number of esters is 1. The first kappa shape index (κ1) is 18.1. The summed E-state index contributed by atoms with van der Waals surface area (Å²) in [6, 6.07) is 3.55. The van der Waals surface area contributed by atoms with Crippen LogP contribution in [0, 0.1) is 0 Å². The lowest BCUT2D eigenvalue weighted by Crippen LogP contribution is -2.35. The number of hydrogen-bond acceptors (Lipinski definition) is 6. The average molecular weight is 327 g/mol. The van der Waals surface area contributed by atoms with Crippen LogP contribution in [0.4, 0.5) is 0 Å². The van der Waals surface area contributed by atoms with Crippen LogP contribution in [0.5, 0.6) is 0 Å². The maximum atomic E-state index is 12.0. The summed E-state index contributed by atoms with van der Waals surface area (Å²) in [5, 5.41) is 5.47. The van der Waals surface area contributed by atoms with E-state index < -0.39 is 0 Å². The van der Waals surface area contributed by atoms with Gasteiger partial charge in [0, 0.05) is 24.9 Å². The van der Waals surface area contributed by atoms with Gasteiger partial charge < -0.3 is 15.4 Å². The number of thiophene rings is 1. The van der Waals surface area contributed by atoms with Gasteiger partial charge in [-0.3, -0.25) is 19.3 Å². The van der Waals surface area contributed by atoms with Crippen LogP contribution in [0.2, 0.25) is 0 Å². The highest BCUT2D eigenvalue weighted by molar-refractivity contribution is 7.14. The Hall–Kier alpha value is -1.93. The molecule has 1 rings (SSSR count). The molecule has 2 N–H and O–H groups in total. The van der Waals surface area contributed by atoms with Crippen molar-refractivity contribution in [3.8, 4) is 0 Å². The van der Waals surface area contributed by atoms with Crippen molar-refractivity contribution in [2.75, 3.05) is 33.8 Å². The number of likely N-dealkylation sites (N-methyl/N-ethyl adjacent to an activating group) is 1. The predicted molar refractivity (Wildman–Crippen MR) is 83.7 cm³/mol. The lowest BCUT2D eigenvalue weighted by molar-refractivity contribution is -0.141. The van der Waals surface area contributed by atoms with Gasteiger partial charge in [-0.2, -0.15) is 0 Å². The van der Waals surface area contributed by atoms with Gasteiger partial charge in [0.15, 0.2) is 0 Å². The second-order valence-electron chi connectivity index (χ2n) is 4.75. The topological polar surface area (TPSA) is 87.7 Å². The van der Waals surface area contributed by atoms with E-state index in [0.717, 1.165) is 4.88 Å². The number of carbonyl (C=O) groups excluding carboxylic acids is 3. The fourth-order valence-electron chi connectivity index (χ4n) is 1.62. The van der Waals surface area contributed by atoms with Gasteiger partial charge in [0.1, 0.15) is 0 Å². The summed E-state index contributed by atoms with van der Waals surface area (Å²) in [7, 11) is 3.12. The van der Waals surface area contributed by atoms with E-state index in [1.165, 1.54) is 25.4 Å². The van der Waals surface area contributed by atoms with E-state index in [0.29, 0.717) is 24.5 Å². The van der Waals surface area contributed by atoms with E-state index in [4.69, 9.17) is 0 Å². The molecular weight excluding hydrogens is 306 g/mol. The van der Waals surface area contributed by atoms with Gasteiger partial charge in [-0.1, -0.05) is 0 Å². The average Bonchev–Trinajstić information content (AvgIpc) is 2.93. The minimum absolute atomic E-state index is 0.104. The highest BCUT2D eigenvalue weighted by Crippen LogP contribution is 2.16. The zero-order valence-corrected chi connectivity index (χ0v) is 13.8. The van der Waals surface area contributed by atoms with E-state index in [1.807, 2.05) is 6.07 Å². The van der Waals surface area contributed by atoms with Crippen molar-refractivity contribution in [1.82, 2.24) is 15.5 Å². The Morgan fingerprint density at radius 1 is 1.27 bits per heavy atom. The van der Waals surface area contributed by atoms with Gasteiger partial charge >= 0.3 is 5.97 Å². The van der Waals surface area contributed by atoms with E-state index in [9.17, 15) is 14.4 Å². The Balaban J connectivity index is 2.33. The summed E-state index contributed by atoms with van der Waals surface area (Å²) >= 11 is 1.34. The zero-order valence-electron chi connectivity index (χ0n) is 13.0. The molecule has 0 bridgehead atoms. The highest BCUT2D eigenvalue weighted by Gasteiger charge is 2.10. The molecule has 1 heterocycles. The van der Waals surface area contributed by atoms with E-state index in [2.05, 4.69) is 15.4 Å². The second-order valence-corrected chi connectivity index (χ2v) is 5.91. The molecule has 0 radical (unpaired) electrons. The van der Waals surface area contributed by atoms with Crippen LogP contribution >= 0.6 is 11.3 Å². The molecule has 0 spiro atoms. The summed E-state index contributed by atoms with van der Waals surface area (Å²) in [4.78, 5) is 37.1. The first-order valence-electron chi connectivity index (χ1n) is 6.79. The monoisotopic (exact) mass is 327 g/mol. The molecule has 8 heteroatoms. The van der Waals surface area contributed by atoms with Gasteiger partial charge in [0.2, 0.25) is 5.91 Å². The van der Waals surface area contributed by atoms with Crippen molar-refractivity contribution in [1.29, 1.82) is 0 Å². The number of hydrogen-bond donors (Lipinski definition) is 2. The van der Waals surface area contributed by atoms with Crippen molar-refractivity contribution in [2.24, 2.45) is 0 Å². The van der Waals surface area contributed by atoms with Crippen molar-refractivity contribution < 1.29 is 19.1 Å². The number of ether oxygens (including phenoxy) is 1. The molecule has 0 aliphatic heterocycles. The zero-order chi connectivity index (χ0) is 16.5. The van der Waals surface area contributed by atoms with Crippen molar-refractivity contribution in [3.63, 3.8) is 0 Å². The van der Waals surface area contributed by atoms with E-state index in [1.54, 1.807) is 18.0 Å². The summed E-state index contributed by atoms with van der Waals surface area (Å²) < 4.78 is 4.56. The summed E-state index contributed by atoms with van der Waals surface area (Å²) in [5.41, 5.74) is 0. The molecule has 1 aromatic rings. The summed E-state index contributed by atoms with van der Waals surface area (Å²) in [5.74, 6) is -0.576. The van der Waals surface area contributed by atoms with Gasteiger partial charge in [-0.05, 0) is 19.2 Å². The normalized spacial score (nSPS) is 10.4. The number of methoxy groups -OCH3 is 1. The molecule has 0 aliphatic rings. The lowest BCUT2D eigenvalue weighted by atomic mass is 10.4. The fraction of sp³-hybridized carbons (Fsp3) is 0.500. The number of amides is 2. The lowest BCUT2D eigenvalue weighted by Gasteiger charge is -2.14. The number of rotatable bonds is 8. The standard InChI is InChI=1S/C14H21N3O4S/c1-10(18)16-8-11-4-5-12(22-11)14(20)15-6-7-17(2)9-13(19)21-3/h4-5H,6-9H2,1-3H3,(H,15,20)(H,16,18). The number of nitrogens with one attached hydrogen (secondary N) is 2. The Morgan fingerprint density at radius 3 is 2.64 bits per heavy atom. The Kier molecular flexibility index (Phi) is 7.55. The molecule has 0 unspecified atom stereocenters. The molecular formula is C14H21N3O4S. The van der Waals surface area contributed by atoms with E-state index >= 15 is 0 Å². The largest absolute Gasteiger partial charge is 0.468 e. The number of nitrogens with zero attached hydrogens (tertiary/aromatic N) is 1. The van der Waals surface area contributed by atoms with Crippen LogP contribution in [0.15, 0.2) is 12.1 Å². The molecule has 22 heavy (non-hydrogen) atoms. The molecule has 0 saturated carbocycles. The molecule has 2 amide bonds. The van der Waals surface area contributed by atoms with Gasteiger partial charge in [0.25, 0.3) is 5.91 Å². The highest BCUT2D eigenvalue weighted by atomic mass is 32.1. The smallest absolute Gasteiger partial charge is 0.319 e. The second kappa shape index (κ2) is 9.16. The molecule has 0 aromatic carbocycles. The Labute approximate surface area is 133 Å². The molecule has 0 saturated heterocycles. The number of carbonyl (C=O) groups is 3. The van der Waals surface area contributed by atoms with Crippen LogP contribution in [0.3, 0.4) is 0 Å². The van der Waals surface area contributed by atoms with E-state index in [-0.39, 0.29) is 24.3 Å². The fourth-order valence-corrected chi connectivity index (χ4v) is 2.48. The third-order valence-corrected chi connectivity index (χ3v) is 3.89. The van der Waals surface area contributed by atoms with Crippen molar-refractivity contribution in [2.45, 2.75) is 13.5 Å². The van der Waals surface area contributed by atoms with Crippen LogP contribution in [-0.2, 0) is 20.9 Å². The Bertz CT molecular complexity index is 530. The first-order valence-corrected chi connectivity index (χ1v) is 7.60. The molecule has 0 atom stereocenters. The first-order chi connectivity index (χ1) is 10.4. The molecule has 1 aromatic heterocycles. The van der Waals surface area contributed by atoms with Gasteiger partial charge in [-0.15, -0.1) is 11.3 Å². The summed E-state index contributed by atoms with van der Waals surface area (Å²) in [6.07, 6.45) is 0. The minimum Gasteiger partial charge on any atom is -0.468 e. The minimum atomic E-state index is -0.310. The summed E-state index contributed by atoms with van der Waals surface area (Å²) in [6.45, 7) is 3.05. The van der Waals surface area contributed by atoms with Crippen LogP contribution in [-0.4, -0.2) is 56.5 Å². The molecule has 0 aliphatic carbocycles. The quantitative estimate of drug-likeness (QED) is 0.667. The molecule has 7 nitrogen and oxygen atoms in total. The maximum Gasteiger partial charge on any atom is 0.319 e. The van der Waals surface area contributed by atoms with Crippen LogP contribution < -0.4 is 10.6 Å². The maximum absolute atomic E-state index is 12.0. The SMILES string of the molecule is COC(=O)CN(C)CCNC(=O)c1ccc(CNC(C)=O)s1. The predicted octanol–water partition coefficient (Wildman–Crippen LogP) is 0.219. The molecule has 122 valence electrons. The molecule has 0 fully saturated rings. The van der Waals surface area contributed by atoms with Crippen LogP contribution in [0.25, 0.3) is 0 Å². The van der Waals surface area contributed by atoms with Crippen molar-refractivity contribution >= 4 is 29.1 Å². The van der Waals surface area contributed by atoms with Crippen LogP contribution in [0.1, 0.15) is 21.5 Å². The Morgan fingerprint density at radius 2 is 2.00 bits per heavy atom. The van der Waals surface area contributed by atoms with Crippen molar-refractivity contribution in [3.05, 3.63) is 21.9 Å². The third kappa shape index (κ3) is 6.68. The van der Waals surface area contributed by atoms with Gasteiger partial charge in [-0.25, -0.2) is 0 Å². The van der Waals surface area contributed by atoms with Gasteiger partial charge in [0.05, 0.1) is 25.1 Å². The third-order valence-electron chi connectivity index (χ3n) is 2.80.